The molecule has 0 unspecified atom stereocenters. The average Bonchev–Trinajstić information content (AvgIpc) is 2.16. The Morgan fingerprint density at radius 3 is 1.69 bits per heavy atom. The molecule has 0 rings (SSSR count). The molecule has 2 N–H and O–H groups in total. The Balaban J connectivity index is 3.80. The van der Waals surface area contributed by atoms with E-state index in [9.17, 15) is 0 Å². The van der Waals surface area contributed by atoms with Gasteiger partial charge in [-0.05, 0) is 13.8 Å². The van der Waals surface area contributed by atoms with Gasteiger partial charge in [-0.25, -0.2) is 9.98 Å². The fraction of sp³-hybridized carbons (Fsp3) is 0.429. The SMILES string of the molecule is CC(N=CCC=NC(C)=NO)=NO. The zero-order valence-corrected chi connectivity index (χ0v) is 7.55. The van der Waals surface area contributed by atoms with Crippen LogP contribution in [0.4, 0.5) is 0 Å². The lowest BCUT2D eigenvalue weighted by molar-refractivity contribution is 0.318. The van der Waals surface area contributed by atoms with Gasteiger partial charge in [0.25, 0.3) is 0 Å². The van der Waals surface area contributed by atoms with Gasteiger partial charge in [0.05, 0.1) is 0 Å². The van der Waals surface area contributed by atoms with Gasteiger partial charge in [-0.15, -0.1) is 0 Å². The summed E-state index contributed by atoms with van der Waals surface area (Å²) in [5.41, 5.74) is 0. The standard InChI is InChI=1S/C7H12N4O2/c1-6(10-12)8-4-3-5-9-7(2)11-13/h4-5,12-13H,3H2,1-2H3. The van der Waals surface area contributed by atoms with Gasteiger partial charge in [0.15, 0.2) is 11.7 Å². The summed E-state index contributed by atoms with van der Waals surface area (Å²) in [6, 6.07) is 0. The summed E-state index contributed by atoms with van der Waals surface area (Å²) < 4.78 is 0. The smallest absolute Gasteiger partial charge is 0.163 e. The summed E-state index contributed by atoms with van der Waals surface area (Å²) in [7, 11) is 0. The Kier molecular flexibility index (Phi) is 6.04. The van der Waals surface area contributed by atoms with E-state index in [1.165, 1.54) is 12.4 Å². The maximum absolute atomic E-state index is 8.21. The van der Waals surface area contributed by atoms with Crippen molar-refractivity contribution in [1.82, 2.24) is 0 Å². The number of rotatable bonds is 2. The maximum Gasteiger partial charge on any atom is 0.163 e. The van der Waals surface area contributed by atoms with Crippen LogP contribution in [0.5, 0.6) is 0 Å². The zero-order valence-electron chi connectivity index (χ0n) is 7.55. The molecule has 0 amide bonds. The molecular weight excluding hydrogens is 172 g/mol. The molecule has 6 heteroatoms. The third kappa shape index (κ3) is 6.67. The number of hydrogen-bond acceptors (Lipinski definition) is 4. The second-order valence-corrected chi connectivity index (χ2v) is 2.15. The van der Waals surface area contributed by atoms with E-state index >= 15 is 0 Å². The van der Waals surface area contributed by atoms with Crippen LogP contribution in [0.1, 0.15) is 20.3 Å². The number of hydrogen-bond donors (Lipinski definition) is 2. The Morgan fingerprint density at radius 2 is 1.38 bits per heavy atom. The Labute approximate surface area is 76.0 Å². The first-order valence-corrected chi connectivity index (χ1v) is 3.63. The van der Waals surface area contributed by atoms with Crippen LogP contribution in [0.25, 0.3) is 0 Å². The highest BCUT2D eigenvalue weighted by Crippen LogP contribution is 1.79. The van der Waals surface area contributed by atoms with Crippen LogP contribution in [0.15, 0.2) is 20.3 Å². The van der Waals surface area contributed by atoms with Crippen LogP contribution in [0.2, 0.25) is 0 Å². The quantitative estimate of drug-likeness (QED) is 0.291. The molecule has 0 aromatic heterocycles. The Hall–Kier alpha value is -1.72. The third-order valence-corrected chi connectivity index (χ3v) is 1.06. The highest BCUT2D eigenvalue weighted by atomic mass is 16.4. The normalized spacial score (nSPS) is 14.6. The fourth-order valence-corrected chi connectivity index (χ4v) is 0.468. The van der Waals surface area contributed by atoms with Crippen LogP contribution in [-0.4, -0.2) is 34.5 Å². The molecule has 72 valence electrons. The van der Waals surface area contributed by atoms with E-state index in [0.717, 1.165) is 0 Å². The molecule has 0 saturated carbocycles. The lowest BCUT2D eigenvalue weighted by Gasteiger charge is -1.85. The summed E-state index contributed by atoms with van der Waals surface area (Å²) in [5, 5.41) is 22.1. The van der Waals surface area contributed by atoms with E-state index in [-0.39, 0.29) is 11.7 Å². The number of nitrogens with zero attached hydrogens (tertiary/aromatic N) is 4. The first kappa shape index (κ1) is 11.3. The molecule has 0 spiro atoms. The minimum Gasteiger partial charge on any atom is -0.409 e. The largest absolute Gasteiger partial charge is 0.409 e. The van der Waals surface area contributed by atoms with Crippen molar-refractivity contribution in [2.24, 2.45) is 20.3 Å². The van der Waals surface area contributed by atoms with Crippen LogP contribution >= 0.6 is 0 Å². The van der Waals surface area contributed by atoms with Crippen molar-refractivity contribution < 1.29 is 10.4 Å². The van der Waals surface area contributed by atoms with Crippen molar-refractivity contribution >= 4 is 24.1 Å². The molecule has 0 aromatic carbocycles. The molecule has 0 saturated heterocycles. The second-order valence-electron chi connectivity index (χ2n) is 2.15. The summed E-state index contributed by atoms with van der Waals surface area (Å²) >= 11 is 0. The van der Waals surface area contributed by atoms with E-state index in [4.69, 9.17) is 10.4 Å². The molecular formula is C7H12N4O2. The zero-order chi connectivity index (χ0) is 10.1. The van der Waals surface area contributed by atoms with Gasteiger partial charge in [0.2, 0.25) is 0 Å². The molecule has 0 aliphatic heterocycles. The molecule has 0 aliphatic carbocycles. The van der Waals surface area contributed by atoms with Crippen molar-refractivity contribution in [2.45, 2.75) is 20.3 Å². The summed E-state index contributed by atoms with van der Waals surface area (Å²) in [5.74, 6) is 0.557. The Morgan fingerprint density at radius 1 is 1.00 bits per heavy atom. The van der Waals surface area contributed by atoms with Crippen LogP contribution in [-0.2, 0) is 0 Å². The first-order chi connectivity index (χ1) is 6.20. The molecule has 0 bridgehead atoms. The van der Waals surface area contributed by atoms with E-state index < -0.39 is 0 Å². The van der Waals surface area contributed by atoms with Crippen LogP contribution < -0.4 is 0 Å². The highest BCUT2D eigenvalue weighted by molar-refractivity contribution is 5.94. The lowest BCUT2D eigenvalue weighted by atomic mass is 10.5. The maximum atomic E-state index is 8.21. The summed E-state index contributed by atoms with van der Waals surface area (Å²) in [6.45, 7) is 3.13. The lowest BCUT2D eigenvalue weighted by Crippen LogP contribution is -1.89. The molecule has 13 heavy (non-hydrogen) atoms. The molecule has 0 atom stereocenters. The number of amidine groups is 2. The fourth-order valence-electron chi connectivity index (χ4n) is 0.468. The monoisotopic (exact) mass is 184 g/mol. The molecule has 0 aromatic rings. The van der Waals surface area contributed by atoms with Crippen LogP contribution in [0.3, 0.4) is 0 Å². The number of aliphatic imine (C=N–C) groups is 2. The van der Waals surface area contributed by atoms with Crippen molar-refractivity contribution in [2.75, 3.05) is 0 Å². The van der Waals surface area contributed by atoms with Crippen LogP contribution in [0, 0.1) is 0 Å². The topological polar surface area (TPSA) is 89.9 Å². The highest BCUT2D eigenvalue weighted by Gasteiger charge is 1.82. The van der Waals surface area contributed by atoms with Crippen molar-refractivity contribution in [3.63, 3.8) is 0 Å². The Bertz CT molecular complexity index is 229. The molecule has 0 aliphatic rings. The van der Waals surface area contributed by atoms with Gasteiger partial charge in [-0.2, -0.15) is 0 Å². The molecule has 6 nitrogen and oxygen atoms in total. The molecule has 0 radical (unpaired) electrons. The van der Waals surface area contributed by atoms with Gasteiger partial charge < -0.3 is 10.4 Å². The van der Waals surface area contributed by atoms with E-state index in [1.54, 1.807) is 13.8 Å². The second kappa shape index (κ2) is 6.96. The third-order valence-electron chi connectivity index (χ3n) is 1.06. The van der Waals surface area contributed by atoms with E-state index in [2.05, 4.69) is 20.3 Å². The van der Waals surface area contributed by atoms with Crippen molar-refractivity contribution in [3.8, 4) is 0 Å². The van der Waals surface area contributed by atoms with E-state index in [0.29, 0.717) is 6.42 Å². The molecule has 0 heterocycles. The van der Waals surface area contributed by atoms with Crippen molar-refractivity contribution in [3.05, 3.63) is 0 Å². The van der Waals surface area contributed by atoms with Gasteiger partial charge in [-0.3, -0.25) is 0 Å². The number of oxime groups is 2. The minimum absolute atomic E-state index is 0.279. The first-order valence-electron chi connectivity index (χ1n) is 3.63. The predicted octanol–water partition coefficient (Wildman–Crippen LogP) is 1.13. The van der Waals surface area contributed by atoms with Crippen molar-refractivity contribution in [1.29, 1.82) is 0 Å². The average molecular weight is 184 g/mol. The predicted molar refractivity (Wildman–Crippen MR) is 51.4 cm³/mol. The molecule has 0 fully saturated rings. The van der Waals surface area contributed by atoms with E-state index in [1.807, 2.05) is 0 Å². The van der Waals surface area contributed by atoms with Gasteiger partial charge in [0.1, 0.15) is 0 Å². The van der Waals surface area contributed by atoms with Gasteiger partial charge >= 0.3 is 0 Å². The minimum atomic E-state index is 0.279. The van der Waals surface area contributed by atoms with Gasteiger partial charge in [-0.1, -0.05) is 10.3 Å². The summed E-state index contributed by atoms with van der Waals surface area (Å²) in [6.07, 6.45) is 3.55. The van der Waals surface area contributed by atoms with Gasteiger partial charge in [0, 0.05) is 18.9 Å². The summed E-state index contributed by atoms with van der Waals surface area (Å²) in [4.78, 5) is 7.49.